The summed E-state index contributed by atoms with van der Waals surface area (Å²) in [5, 5.41) is 0. The standard InChI is InChI=1S/C49H98N2O12/c1-5-9-13-17-30-54-40-44-58-34-24-50(25-35-59-45-41-55-31-18-14-10-6-2)28-38-62-48(52)22-21-23-49(53)63-39-29-51(26-36-60-46-42-56-32-19-15-11-7-3)27-37-61-47-43-57-33-20-16-12-8-4/h5-47H2,1-4H3. The molecule has 0 saturated heterocycles. The first-order valence-electron chi connectivity index (χ1n) is 25.4. The van der Waals surface area contributed by atoms with Crippen molar-refractivity contribution in [2.45, 2.75) is 150 Å². The fraction of sp³-hybridized carbons (Fsp3) is 0.959. The molecule has 0 aromatic heterocycles. The molecule has 14 heteroatoms. The van der Waals surface area contributed by atoms with Gasteiger partial charge in [-0.1, -0.05) is 105 Å². The Morgan fingerprint density at radius 3 is 0.762 bits per heavy atom. The maximum Gasteiger partial charge on any atom is 0.305 e. The van der Waals surface area contributed by atoms with Crippen molar-refractivity contribution in [3.8, 4) is 0 Å². The molecule has 0 aliphatic heterocycles. The van der Waals surface area contributed by atoms with E-state index in [1.165, 1.54) is 77.0 Å². The number of unbranched alkanes of at least 4 members (excludes halogenated alkanes) is 12. The molecule has 0 aromatic carbocycles. The molecule has 0 atom stereocenters. The van der Waals surface area contributed by atoms with E-state index < -0.39 is 0 Å². The minimum Gasteiger partial charge on any atom is -0.464 e. The van der Waals surface area contributed by atoms with Crippen LogP contribution in [0.2, 0.25) is 0 Å². The van der Waals surface area contributed by atoms with Gasteiger partial charge in [0.05, 0.1) is 79.3 Å². The molecule has 0 spiro atoms. The van der Waals surface area contributed by atoms with Gasteiger partial charge in [0, 0.05) is 78.5 Å². The molecule has 0 aliphatic carbocycles. The molecule has 0 saturated carbocycles. The average Bonchev–Trinajstić information content (AvgIpc) is 3.28. The predicted molar refractivity (Wildman–Crippen MR) is 252 cm³/mol. The Morgan fingerprint density at radius 1 is 0.270 bits per heavy atom. The number of hydrogen-bond acceptors (Lipinski definition) is 14. The number of carbonyl (C=O) groups is 2. The third kappa shape index (κ3) is 49.8. The van der Waals surface area contributed by atoms with Crippen molar-refractivity contribution >= 4 is 11.9 Å². The van der Waals surface area contributed by atoms with Gasteiger partial charge in [-0.25, -0.2) is 0 Å². The first-order valence-corrected chi connectivity index (χ1v) is 25.4. The third-order valence-corrected chi connectivity index (χ3v) is 10.4. The van der Waals surface area contributed by atoms with Crippen LogP contribution in [0.4, 0.5) is 0 Å². The van der Waals surface area contributed by atoms with Gasteiger partial charge in [0.25, 0.3) is 0 Å². The van der Waals surface area contributed by atoms with Crippen molar-refractivity contribution in [3.05, 3.63) is 0 Å². The van der Waals surface area contributed by atoms with Crippen LogP contribution in [0.25, 0.3) is 0 Å². The van der Waals surface area contributed by atoms with Gasteiger partial charge in [-0.2, -0.15) is 0 Å². The molecule has 0 heterocycles. The number of hydrogen-bond donors (Lipinski definition) is 0. The predicted octanol–water partition coefficient (Wildman–Crippen LogP) is 8.30. The highest BCUT2D eigenvalue weighted by Crippen LogP contribution is 2.04. The van der Waals surface area contributed by atoms with Gasteiger partial charge in [0.1, 0.15) is 13.2 Å². The van der Waals surface area contributed by atoms with E-state index in [9.17, 15) is 9.59 Å². The lowest BCUT2D eigenvalue weighted by Gasteiger charge is -2.22. The van der Waals surface area contributed by atoms with E-state index >= 15 is 0 Å². The lowest BCUT2D eigenvalue weighted by Crippen LogP contribution is -2.35. The molecule has 0 rings (SSSR count). The van der Waals surface area contributed by atoms with Crippen molar-refractivity contribution < 1.29 is 57.0 Å². The molecule has 63 heavy (non-hydrogen) atoms. The second-order valence-electron chi connectivity index (χ2n) is 16.1. The zero-order valence-corrected chi connectivity index (χ0v) is 41.2. The van der Waals surface area contributed by atoms with Crippen LogP contribution < -0.4 is 0 Å². The topological polar surface area (TPSA) is 133 Å². The van der Waals surface area contributed by atoms with E-state index in [1.807, 2.05) is 0 Å². The number of carbonyl (C=O) groups excluding carboxylic acids is 2. The minimum atomic E-state index is -0.322. The van der Waals surface area contributed by atoms with Crippen molar-refractivity contribution in [2.24, 2.45) is 0 Å². The maximum absolute atomic E-state index is 12.6. The quantitative estimate of drug-likeness (QED) is 0.0428. The molecule has 376 valence electrons. The van der Waals surface area contributed by atoms with E-state index in [0.29, 0.717) is 125 Å². The first-order chi connectivity index (χ1) is 31.1. The number of esters is 2. The van der Waals surface area contributed by atoms with Crippen molar-refractivity contribution in [3.63, 3.8) is 0 Å². The van der Waals surface area contributed by atoms with Gasteiger partial charge in [0.2, 0.25) is 0 Å². The summed E-state index contributed by atoms with van der Waals surface area (Å²) in [4.78, 5) is 29.5. The van der Waals surface area contributed by atoms with E-state index in [-0.39, 0.29) is 38.0 Å². The summed E-state index contributed by atoms with van der Waals surface area (Å²) in [6.07, 6.45) is 19.7. The number of nitrogens with zero attached hydrogens (tertiary/aromatic N) is 2. The largest absolute Gasteiger partial charge is 0.464 e. The smallest absolute Gasteiger partial charge is 0.305 e. The van der Waals surface area contributed by atoms with Crippen LogP contribution in [0, 0.1) is 0 Å². The SMILES string of the molecule is CCCCCCOCCOCCN(CCOCCOCCCCCC)CCOC(=O)CCCC(=O)OCCN(CCOCCOCCCCCC)CCOCCOCCCCCC. The molecule has 0 bridgehead atoms. The van der Waals surface area contributed by atoms with Crippen LogP contribution >= 0.6 is 0 Å². The summed E-state index contributed by atoms with van der Waals surface area (Å²) in [5.74, 6) is -0.644. The third-order valence-electron chi connectivity index (χ3n) is 10.4. The zero-order valence-electron chi connectivity index (χ0n) is 41.2. The summed E-state index contributed by atoms with van der Waals surface area (Å²) < 4.78 is 57.1. The Balaban J connectivity index is 4.49. The molecule has 0 fully saturated rings. The van der Waals surface area contributed by atoms with Crippen molar-refractivity contribution in [1.82, 2.24) is 9.80 Å². The average molecular weight is 907 g/mol. The Hall–Kier alpha value is -1.46. The Labute approximate surface area is 385 Å². The number of ether oxygens (including phenoxy) is 10. The summed E-state index contributed by atoms with van der Waals surface area (Å²) in [6.45, 7) is 23.1. The van der Waals surface area contributed by atoms with Gasteiger partial charge in [0.15, 0.2) is 0 Å². The van der Waals surface area contributed by atoms with E-state index in [2.05, 4.69) is 37.5 Å². The molecule has 14 nitrogen and oxygen atoms in total. The highest BCUT2D eigenvalue weighted by Gasteiger charge is 2.12. The van der Waals surface area contributed by atoms with Gasteiger partial charge in [-0.3, -0.25) is 19.4 Å². The van der Waals surface area contributed by atoms with Gasteiger partial charge < -0.3 is 47.4 Å². The monoisotopic (exact) mass is 907 g/mol. The summed E-state index contributed by atoms with van der Waals surface area (Å²) in [7, 11) is 0. The number of rotatable bonds is 54. The molecule has 0 radical (unpaired) electrons. The summed E-state index contributed by atoms with van der Waals surface area (Å²) >= 11 is 0. The fourth-order valence-corrected chi connectivity index (χ4v) is 6.36. The Bertz CT molecular complexity index is 804. The second kappa shape index (κ2) is 53.2. The molecule has 0 unspecified atom stereocenters. The van der Waals surface area contributed by atoms with E-state index in [4.69, 9.17) is 47.4 Å². The van der Waals surface area contributed by atoms with Crippen LogP contribution in [0.5, 0.6) is 0 Å². The van der Waals surface area contributed by atoms with Crippen LogP contribution in [0.1, 0.15) is 150 Å². The molecular weight excluding hydrogens is 809 g/mol. The van der Waals surface area contributed by atoms with E-state index in [1.54, 1.807) is 0 Å². The van der Waals surface area contributed by atoms with Crippen LogP contribution in [-0.2, 0) is 57.0 Å². The van der Waals surface area contributed by atoms with Crippen LogP contribution in [-0.4, -0.2) is 180 Å². The minimum absolute atomic E-state index is 0.157. The molecule has 0 N–H and O–H groups in total. The Morgan fingerprint density at radius 2 is 0.508 bits per heavy atom. The highest BCUT2D eigenvalue weighted by atomic mass is 16.5. The highest BCUT2D eigenvalue weighted by molar-refractivity contribution is 5.72. The summed E-state index contributed by atoms with van der Waals surface area (Å²) in [6, 6.07) is 0. The molecule has 0 amide bonds. The lowest BCUT2D eigenvalue weighted by atomic mass is 10.2. The molecular formula is C49H98N2O12. The molecule has 0 aliphatic rings. The fourth-order valence-electron chi connectivity index (χ4n) is 6.36. The van der Waals surface area contributed by atoms with Gasteiger partial charge >= 0.3 is 11.9 Å². The van der Waals surface area contributed by atoms with Crippen LogP contribution in [0.15, 0.2) is 0 Å². The van der Waals surface area contributed by atoms with E-state index in [0.717, 1.165) is 52.1 Å². The zero-order chi connectivity index (χ0) is 45.8. The Kier molecular flexibility index (Phi) is 51.9. The van der Waals surface area contributed by atoms with Crippen LogP contribution in [0.3, 0.4) is 0 Å². The molecule has 0 aromatic rings. The van der Waals surface area contributed by atoms with Gasteiger partial charge in [-0.15, -0.1) is 0 Å². The summed E-state index contributed by atoms with van der Waals surface area (Å²) in [5.41, 5.74) is 0. The first kappa shape index (κ1) is 61.5. The second-order valence-corrected chi connectivity index (χ2v) is 16.1. The van der Waals surface area contributed by atoms with Crippen molar-refractivity contribution in [2.75, 3.05) is 158 Å². The van der Waals surface area contributed by atoms with Gasteiger partial charge in [-0.05, 0) is 32.1 Å². The normalized spacial score (nSPS) is 11.7. The maximum atomic E-state index is 12.6. The van der Waals surface area contributed by atoms with Crippen molar-refractivity contribution in [1.29, 1.82) is 0 Å². The lowest BCUT2D eigenvalue weighted by molar-refractivity contribution is -0.146.